The third kappa shape index (κ3) is 2.80. The van der Waals surface area contributed by atoms with Crippen molar-refractivity contribution in [3.05, 3.63) is 23.8 Å². The molecule has 1 aliphatic rings. The van der Waals surface area contributed by atoms with Crippen molar-refractivity contribution in [1.29, 1.82) is 0 Å². The molecule has 0 aliphatic carbocycles. The summed E-state index contributed by atoms with van der Waals surface area (Å²) in [5, 5.41) is 0. The van der Waals surface area contributed by atoms with E-state index in [-0.39, 0.29) is 17.6 Å². The highest BCUT2D eigenvalue weighted by atomic mass is 35.5. The first kappa shape index (κ1) is 14.9. The van der Waals surface area contributed by atoms with Crippen molar-refractivity contribution in [2.75, 3.05) is 17.3 Å². The average Bonchev–Trinajstić information content (AvgIpc) is 2.46. The maximum absolute atomic E-state index is 12.2. The summed E-state index contributed by atoms with van der Waals surface area (Å²) in [4.78, 5) is 25.6. The molecule has 2 rings (SSSR count). The zero-order valence-corrected chi connectivity index (χ0v) is 12.4. The van der Waals surface area contributed by atoms with Crippen LogP contribution in [0, 0.1) is 0 Å². The maximum atomic E-state index is 12.2. The van der Waals surface area contributed by atoms with E-state index in [1.807, 2.05) is 0 Å². The normalized spacial score (nSPS) is 17.6. The first-order chi connectivity index (χ1) is 9.58. The molecule has 108 valence electrons. The minimum atomic E-state index is -0.492. The smallest absolute Gasteiger partial charge is 0.267 e. The Kier molecular flexibility index (Phi) is 4.65. The number of halogens is 1. The lowest BCUT2D eigenvalue weighted by Gasteiger charge is -2.33. The van der Waals surface area contributed by atoms with Crippen molar-refractivity contribution in [3.8, 4) is 5.75 Å². The van der Waals surface area contributed by atoms with Crippen molar-refractivity contribution in [2.45, 2.75) is 32.8 Å². The molecule has 0 saturated heterocycles. The summed E-state index contributed by atoms with van der Waals surface area (Å²) in [6.45, 7) is 4.44. The number of hydrogen-bond donors (Lipinski definition) is 0. The van der Waals surface area contributed by atoms with Crippen LogP contribution in [0.5, 0.6) is 5.75 Å². The number of carbonyl (C=O) groups is 2. The Hall–Kier alpha value is -1.55. The van der Waals surface area contributed by atoms with Gasteiger partial charge in [0.1, 0.15) is 5.75 Å². The lowest BCUT2D eigenvalue weighted by molar-refractivity contribution is -0.125. The van der Waals surface area contributed by atoms with Gasteiger partial charge >= 0.3 is 0 Å². The van der Waals surface area contributed by atoms with Crippen LogP contribution in [0.1, 0.15) is 37.0 Å². The number of fused-ring (bicyclic) bond motifs is 1. The van der Waals surface area contributed by atoms with Gasteiger partial charge in [0.2, 0.25) is 0 Å². The molecule has 1 unspecified atom stereocenters. The molecule has 0 spiro atoms. The van der Waals surface area contributed by atoms with E-state index >= 15 is 0 Å². The van der Waals surface area contributed by atoms with Crippen LogP contribution in [0.4, 0.5) is 5.69 Å². The second-order valence-corrected chi connectivity index (χ2v) is 5.11. The molecular weight excluding hydrogens is 278 g/mol. The second-order valence-electron chi connectivity index (χ2n) is 4.84. The summed E-state index contributed by atoms with van der Waals surface area (Å²) < 4.78 is 5.59. The predicted octanol–water partition coefficient (Wildman–Crippen LogP) is 3.02. The Morgan fingerprint density at radius 1 is 1.45 bits per heavy atom. The molecule has 1 aromatic carbocycles. The van der Waals surface area contributed by atoms with E-state index in [9.17, 15) is 9.59 Å². The van der Waals surface area contributed by atoms with Crippen molar-refractivity contribution in [2.24, 2.45) is 0 Å². The monoisotopic (exact) mass is 295 g/mol. The van der Waals surface area contributed by atoms with Crippen LogP contribution in [-0.4, -0.2) is 30.2 Å². The highest BCUT2D eigenvalue weighted by molar-refractivity contribution is 6.30. The van der Waals surface area contributed by atoms with Gasteiger partial charge in [-0.25, -0.2) is 0 Å². The van der Waals surface area contributed by atoms with Crippen LogP contribution in [0.15, 0.2) is 18.2 Å². The highest BCUT2D eigenvalue weighted by Gasteiger charge is 2.31. The van der Waals surface area contributed by atoms with E-state index in [1.54, 1.807) is 30.0 Å². The molecule has 0 aromatic heterocycles. The lowest BCUT2D eigenvalue weighted by atomic mass is 10.1. The van der Waals surface area contributed by atoms with Crippen LogP contribution in [0.2, 0.25) is 0 Å². The molecule has 1 aliphatic heterocycles. The van der Waals surface area contributed by atoms with Gasteiger partial charge in [-0.05, 0) is 31.5 Å². The van der Waals surface area contributed by atoms with E-state index in [4.69, 9.17) is 16.3 Å². The molecule has 20 heavy (non-hydrogen) atoms. The Labute approximate surface area is 123 Å². The molecule has 0 N–H and O–H groups in total. The SMILES string of the molecule is CCCCN1C(=O)C(C)Oc2ccc(C(=O)CCl)cc21. The predicted molar refractivity (Wildman–Crippen MR) is 78.8 cm³/mol. The minimum absolute atomic E-state index is 0.0681. The molecule has 0 fully saturated rings. The molecule has 1 atom stereocenters. The van der Waals surface area contributed by atoms with E-state index < -0.39 is 6.10 Å². The van der Waals surface area contributed by atoms with Crippen LogP contribution in [0.3, 0.4) is 0 Å². The van der Waals surface area contributed by atoms with Gasteiger partial charge in [0, 0.05) is 12.1 Å². The number of nitrogens with zero attached hydrogens (tertiary/aromatic N) is 1. The summed E-state index contributed by atoms with van der Waals surface area (Å²) in [6.07, 6.45) is 1.41. The number of anilines is 1. The number of ether oxygens (including phenoxy) is 1. The third-order valence-corrected chi connectivity index (χ3v) is 3.59. The van der Waals surface area contributed by atoms with Crippen LogP contribution >= 0.6 is 11.6 Å². The first-order valence-electron chi connectivity index (χ1n) is 6.79. The first-order valence-corrected chi connectivity index (χ1v) is 7.33. The topological polar surface area (TPSA) is 46.6 Å². The number of alkyl halides is 1. The number of amides is 1. The number of hydrogen-bond acceptors (Lipinski definition) is 3. The number of ketones is 1. The van der Waals surface area contributed by atoms with Crippen molar-refractivity contribution < 1.29 is 14.3 Å². The summed E-state index contributed by atoms with van der Waals surface area (Å²) in [7, 11) is 0. The van der Waals surface area contributed by atoms with E-state index in [1.165, 1.54) is 0 Å². The third-order valence-electron chi connectivity index (χ3n) is 3.35. The van der Waals surface area contributed by atoms with Gasteiger partial charge < -0.3 is 9.64 Å². The van der Waals surface area contributed by atoms with Crippen molar-refractivity contribution in [3.63, 3.8) is 0 Å². The fraction of sp³-hybridized carbons (Fsp3) is 0.467. The number of rotatable bonds is 5. The molecule has 1 heterocycles. The highest BCUT2D eigenvalue weighted by Crippen LogP contribution is 2.35. The van der Waals surface area contributed by atoms with Crippen LogP contribution in [0.25, 0.3) is 0 Å². The van der Waals surface area contributed by atoms with Gasteiger partial charge in [0.15, 0.2) is 11.9 Å². The standard InChI is InChI=1S/C15H18ClNO3/c1-3-4-7-17-12-8-11(13(18)9-16)5-6-14(12)20-10(2)15(17)19/h5-6,8,10H,3-4,7,9H2,1-2H3. The molecule has 5 heteroatoms. The van der Waals surface area contributed by atoms with Gasteiger partial charge in [-0.3, -0.25) is 9.59 Å². The minimum Gasteiger partial charge on any atom is -0.479 e. The van der Waals surface area contributed by atoms with Crippen molar-refractivity contribution >= 4 is 29.0 Å². The molecule has 1 aromatic rings. The molecule has 0 bridgehead atoms. The van der Waals surface area contributed by atoms with Crippen LogP contribution in [-0.2, 0) is 4.79 Å². The molecule has 4 nitrogen and oxygen atoms in total. The number of unbranched alkanes of at least 4 members (excludes halogenated alkanes) is 1. The summed E-state index contributed by atoms with van der Waals surface area (Å²) >= 11 is 5.58. The quantitative estimate of drug-likeness (QED) is 0.619. The number of carbonyl (C=O) groups excluding carboxylic acids is 2. The fourth-order valence-corrected chi connectivity index (χ4v) is 2.36. The summed E-state index contributed by atoms with van der Waals surface area (Å²) in [6, 6.07) is 5.11. The maximum Gasteiger partial charge on any atom is 0.267 e. The number of benzene rings is 1. The van der Waals surface area contributed by atoms with Crippen LogP contribution < -0.4 is 9.64 Å². The van der Waals surface area contributed by atoms with Gasteiger partial charge in [0.25, 0.3) is 5.91 Å². The molecule has 0 saturated carbocycles. The zero-order chi connectivity index (χ0) is 14.7. The fourth-order valence-electron chi connectivity index (χ4n) is 2.20. The summed E-state index contributed by atoms with van der Waals surface area (Å²) in [5.74, 6) is 0.343. The van der Waals surface area contributed by atoms with Gasteiger partial charge in [-0.15, -0.1) is 11.6 Å². The lowest BCUT2D eigenvalue weighted by Crippen LogP contribution is -2.45. The Morgan fingerprint density at radius 3 is 2.85 bits per heavy atom. The summed E-state index contributed by atoms with van der Waals surface area (Å²) in [5.41, 5.74) is 1.17. The Bertz CT molecular complexity index is 530. The second kappa shape index (κ2) is 6.27. The largest absolute Gasteiger partial charge is 0.479 e. The Morgan fingerprint density at radius 2 is 2.20 bits per heavy atom. The van der Waals surface area contributed by atoms with E-state index in [2.05, 4.69) is 6.92 Å². The van der Waals surface area contributed by atoms with Gasteiger partial charge in [-0.2, -0.15) is 0 Å². The van der Waals surface area contributed by atoms with Gasteiger partial charge in [-0.1, -0.05) is 13.3 Å². The Balaban J connectivity index is 2.40. The molecule has 0 radical (unpaired) electrons. The van der Waals surface area contributed by atoms with Gasteiger partial charge in [0.05, 0.1) is 11.6 Å². The zero-order valence-electron chi connectivity index (χ0n) is 11.7. The average molecular weight is 296 g/mol. The molecule has 1 amide bonds. The number of Topliss-reactive ketones (excluding diaryl/α,β-unsaturated/α-hetero) is 1. The van der Waals surface area contributed by atoms with Crippen molar-refractivity contribution in [1.82, 2.24) is 0 Å². The van der Waals surface area contributed by atoms with E-state index in [0.29, 0.717) is 23.5 Å². The van der Waals surface area contributed by atoms with E-state index in [0.717, 1.165) is 12.8 Å². The molecular formula is C15H18ClNO3.